The number of nitrogens with zero attached hydrogens (tertiary/aromatic N) is 5. The summed E-state index contributed by atoms with van der Waals surface area (Å²) in [6, 6.07) is 6.03. The van der Waals surface area contributed by atoms with Crippen molar-refractivity contribution >= 4 is 16.7 Å². The second kappa shape index (κ2) is 7.94. The monoisotopic (exact) mass is 394 g/mol. The molecule has 1 N–H and O–H groups in total. The molecule has 8 heteroatoms. The van der Waals surface area contributed by atoms with E-state index in [1.165, 1.54) is 0 Å². The van der Waals surface area contributed by atoms with Crippen molar-refractivity contribution in [3.63, 3.8) is 0 Å². The van der Waals surface area contributed by atoms with E-state index in [2.05, 4.69) is 31.1 Å². The molecule has 0 aromatic carbocycles. The third-order valence-corrected chi connectivity index (χ3v) is 5.82. The first-order valence-corrected chi connectivity index (χ1v) is 10.4. The van der Waals surface area contributed by atoms with Crippen molar-refractivity contribution in [2.75, 3.05) is 31.2 Å². The first-order chi connectivity index (χ1) is 14.3. The minimum Gasteiger partial charge on any atom is -0.474 e. The molecule has 0 spiro atoms. The first-order valence-electron chi connectivity index (χ1n) is 10.4. The van der Waals surface area contributed by atoms with E-state index in [1.54, 1.807) is 0 Å². The zero-order chi connectivity index (χ0) is 19.6. The smallest absolute Gasteiger partial charge is 0.225 e. The fourth-order valence-electron chi connectivity index (χ4n) is 4.22. The Kier molecular flexibility index (Phi) is 5.01. The molecule has 0 amide bonds. The van der Waals surface area contributed by atoms with Gasteiger partial charge in [-0.2, -0.15) is 10.1 Å². The number of pyridine rings is 2. The van der Waals surface area contributed by atoms with Crippen LogP contribution in [-0.2, 0) is 4.74 Å². The van der Waals surface area contributed by atoms with Gasteiger partial charge in [0, 0.05) is 31.3 Å². The van der Waals surface area contributed by atoms with Crippen molar-refractivity contribution in [1.82, 2.24) is 25.1 Å². The number of rotatable bonds is 4. The summed E-state index contributed by atoms with van der Waals surface area (Å²) in [7, 11) is 0. The summed E-state index contributed by atoms with van der Waals surface area (Å²) in [5, 5.41) is 8.26. The molecule has 152 valence electrons. The molecule has 1 aliphatic carbocycles. The van der Waals surface area contributed by atoms with Gasteiger partial charge in [0.25, 0.3) is 0 Å². The number of hydrogen-bond acceptors (Lipinski definition) is 7. The van der Waals surface area contributed by atoms with Crippen LogP contribution in [-0.4, -0.2) is 57.6 Å². The highest BCUT2D eigenvalue weighted by Crippen LogP contribution is 2.35. The standard InChI is InChI=1S/C21H26N6O2/c1-14-23-20(26-25-14)15-4-6-16(7-5-15)29-21-17-3-2-8-22-18(17)13-19(24-21)27-9-11-28-12-10-27/h2-3,8,13,15-16H,4-7,9-12H2,1H3,(H,23,25,26). The fourth-order valence-corrected chi connectivity index (χ4v) is 4.22. The molecule has 0 bridgehead atoms. The van der Waals surface area contributed by atoms with Crippen LogP contribution in [0.2, 0.25) is 0 Å². The lowest BCUT2D eigenvalue weighted by molar-refractivity contribution is 0.121. The third kappa shape index (κ3) is 3.89. The zero-order valence-electron chi connectivity index (χ0n) is 16.7. The Morgan fingerprint density at radius 2 is 1.97 bits per heavy atom. The van der Waals surface area contributed by atoms with Crippen LogP contribution in [0.15, 0.2) is 24.4 Å². The Labute approximate surface area is 169 Å². The van der Waals surface area contributed by atoms with Gasteiger partial charge in [-0.15, -0.1) is 0 Å². The maximum atomic E-state index is 6.43. The molecule has 5 rings (SSSR count). The van der Waals surface area contributed by atoms with E-state index < -0.39 is 0 Å². The fraction of sp³-hybridized carbons (Fsp3) is 0.524. The number of anilines is 1. The molecule has 0 radical (unpaired) electrons. The Hall–Kier alpha value is -2.74. The third-order valence-electron chi connectivity index (χ3n) is 5.82. The summed E-state index contributed by atoms with van der Waals surface area (Å²) in [5.74, 6) is 3.82. The van der Waals surface area contributed by atoms with Crippen LogP contribution in [0.25, 0.3) is 10.9 Å². The highest BCUT2D eigenvalue weighted by molar-refractivity contribution is 5.85. The van der Waals surface area contributed by atoms with Crippen LogP contribution in [0.4, 0.5) is 5.82 Å². The molecule has 1 saturated carbocycles. The lowest BCUT2D eigenvalue weighted by Gasteiger charge is -2.30. The normalized spacial score (nSPS) is 22.7. The molecule has 1 aliphatic heterocycles. The summed E-state index contributed by atoms with van der Waals surface area (Å²) in [5.41, 5.74) is 0.920. The highest BCUT2D eigenvalue weighted by Gasteiger charge is 2.27. The minimum absolute atomic E-state index is 0.155. The first kappa shape index (κ1) is 18.3. The van der Waals surface area contributed by atoms with Crippen LogP contribution in [0, 0.1) is 6.92 Å². The number of ether oxygens (including phenoxy) is 2. The predicted molar refractivity (Wildman–Crippen MR) is 109 cm³/mol. The van der Waals surface area contributed by atoms with E-state index in [1.807, 2.05) is 25.3 Å². The zero-order valence-corrected chi connectivity index (χ0v) is 16.7. The molecular weight excluding hydrogens is 368 g/mol. The van der Waals surface area contributed by atoms with Crippen LogP contribution >= 0.6 is 0 Å². The second-order valence-electron chi connectivity index (χ2n) is 7.83. The molecule has 3 aromatic rings. The van der Waals surface area contributed by atoms with Gasteiger partial charge in [-0.05, 0) is 44.7 Å². The number of H-pyrrole nitrogens is 1. The van der Waals surface area contributed by atoms with Gasteiger partial charge in [0.15, 0.2) is 5.82 Å². The average Bonchev–Trinajstić information content (AvgIpc) is 3.21. The number of nitrogens with one attached hydrogen (secondary N) is 1. The Bertz CT molecular complexity index is 976. The van der Waals surface area contributed by atoms with E-state index in [0.717, 1.165) is 80.4 Å². The minimum atomic E-state index is 0.155. The molecule has 0 atom stereocenters. The van der Waals surface area contributed by atoms with Crippen molar-refractivity contribution in [1.29, 1.82) is 0 Å². The van der Waals surface area contributed by atoms with E-state index >= 15 is 0 Å². The molecule has 2 aliphatic rings. The number of morpholine rings is 1. The van der Waals surface area contributed by atoms with Gasteiger partial charge in [0.2, 0.25) is 5.88 Å². The Balaban J connectivity index is 1.34. The predicted octanol–water partition coefficient (Wildman–Crippen LogP) is 3.00. The van der Waals surface area contributed by atoms with Crippen LogP contribution < -0.4 is 9.64 Å². The second-order valence-corrected chi connectivity index (χ2v) is 7.83. The molecular formula is C21H26N6O2. The SMILES string of the molecule is Cc1nc(C2CCC(Oc3nc(N4CCOCC4)cc4ncccc34)CC2)n[nH]1. The van der Waals surface area contributed by atoms with Gasteiger partial charge >= 0.3 is 0 Å². The number of fused-ring (bicyclic) bond motifs is 1. The number of hydrogen-bond donors (Lipinski definition) is 1. The van der Waals surface area contributed by atoms with Gasteiger partial charge in [-0.1, -0.05) is 0 Å². The van der Waals surface area contributed by atoms with Crippen LogP contribution in [0.3, 0.4) is 0 Å². The summed E-state index contributed by atoms with van der Waals surface area (Å²) in [4.78, 5) is 16.2. The Morgan fingerprint density at radius 1 is 1.14 bits per heavy atom. The van der Waals surface area contributed by atoms with Crippen molar-refractivity contribution in [2.24, 2.45) is 0 Å². The summed E-state index contributed by atoms with van der Waals surface area (Å²) in [6.45, 7) is 5.07. The van der Waals surface area contributed by atoms with Crippen molar-refractivity contribution in [3.8, 4) is 5.88 Å². The molecule has 0 unspecified atom stereocenters. The molecule has 3 aromatic heterocycles. The van der Waals surface area contributed by atoms with Crippen LogP contribution in [0.1, 0.15) is 43.3 Å². The topological polar surface area (TPSA) is 89.1 Å². The van der Waals surface area contributed by atoms with Crippen molar-refractivity contribution < 1.29 is 9.47 Å². The number of aryl methyl sites for hydroxylation is 1. The van der Waals surface area contributed by atoms with Crippen molar-refractivity contribution in [2.45, 2.75) is 44.6 Å². The van der Waals surface area contributed by atoms with Gasteiger partial charge in [0.05, 0.1) is 24.1 Å². The number of aromatic nitrogens is 5. The highest BCUT2D eigenvalue weighted by atomic mass is 16.5. The molecule has 8 nitrogen and oxygen atoms in total. The molecule has 4 heterocycles. The van der Waals surface area contributed by atoms with Gasteiger partial charge in [0.1, 0.15) is 17.7 Å². The lowest BCUT2D eigenvalue weighted by atomic mass is 9.87. The molecule has 1 saturated heterocycles. The quantitative estimate of drug-likeness (QED) is 0.727. The van der Waals surface area contributed by atoms with Gasteiger partial charge in [-0.25, -0.2) is 4.98 Å². The summed E-state index contributed by atoms with van der Waals surface area (Å²) < 4.78 is 11.9. The lowest BCUT2D eigenvalue weighted by Crippen LogP contribution is -2.36. The van der Waals surface area contributed by atoms with E-state index in [4.69, 9.17) is 14.5 Å². The van der Waals surface area contributed by atoms with Gasteiger partial charge in [-0.3, -0.25) is 10.1 Å². The van der Waals surface area contributed by atoms with Crippen molar-refractivity contribution in [3.05, 3.63) is 36.0 Å². The van der Waals surface area contributed by atoms with Gasteiger partial charge < -0.3 is 14.4 Å². The average molecular weight is 394 g/mol. The molecule has 2 fully saturated rings. The maximum Gasteiger partial charge on any atom is 0.225 e. The molecule has 29 heavy (non-hydrogen) atoms. The largest absolute Gasteiger partial charge is 0.474 e. The van der Waals surface area contributed by atoms with E-state index in [0.29, 0.717) is 11.8 Å². The Morgan fingerprint density at radius 3 is 2.72 bits per heavy atom. The van der Waals surface area contributed by atoms with E-state index in [9.17, 15) is 0 Å². The summed E-state index contributed by atoms with van der Waals surface area (Å²) >= 11 is 0. The van der Waals surface area contributed by atoms with E-state index in [-0.39, 0.29) is 6.10 Å². The van der Waals surface area contributed by atoms with Crippen LogP contribution in [0.5, 0.6) is 5.88 Å². The maximum absolute atomic E-state index is 6.43. The summed E-state index contributed by atoms with van der Waals surface area (Å²) in [6.07, 6.45) is 5.98. The number of aromatic amines is 1.